The fraction of sp³-hybridized carbons (Fsp3) is 0.636. The number of amides is 1. The molecule has 0 saturated heterocycles. The van der Waals surface area contributed by atoms with E-state index in [-0.39, 0.29) is 18.1 Å². The first-order valence-electron chi connectivity index (χ1n) is 5.18. The van der Waals surface area contributed by atoms with Crippen molar-refractivity contribution < 1.29 is 9.53 Å². The molecule has 0 atom stereocenters. The van der Waals surface area contributed by atoms with Crippen molar-refractivity contribution in [3.05, 3.63) is 16.1 Å². The van der Waals surface area contributed by atoms with Gasteiger partial charge < -0.3 is 10.1 Å². The van der Waals surface area contributed by atoms with Gasteiger partial charge in [-0.3, -0.25) is 4.79 Å². The van der Waals surface area contributed by atoms with Crippen LogP contribution >= 0.6 is 11.3 Å². The maximum Gasteiger partial charge on any atom is 0.246 e. The van der Waals surface area contributed by atoms with Crippen molar-refractivity contribution in [2.75, 3.05) is 6.61 Å². The van der Waals surface area contributed by atoms with Gasteiger partial charge in [-0.2, -0.15) is 0 Å². The van der Waals surface area contributed by atoms with Crippen LogP contribution in [0, 0.1) is 6.92 Å². The number of aromatic nitrogens is 1. The van der Waals surface area contributed by atoms with E-state index < -0.39 is 0 Å². The molecule has 4 nitrogen and oxygen atoms in total. The Morgan fingerprint density at radius 2 is 2.25 bits per heavy atom. The van der Waals surface area contributed by atoms with E-state index in [9.17, 15) is 4.79 Å². The lowest BCUT2D eigenvalue weighted by Gasteiger charge is -2.18. The summed E-state index contributed by atoms with van der Waals surface area (Å²) in [4.78, 5) is 15.7. The molecule has 5 heteroatoms. The van der Waals surface area contributed by atoms with Gasteiger partial charge in [0.15, 0.2) is 0 Å². The van der Waals surface area contributed by atoms with E-state index >= 15 is 0 Å². The number of rotatable bonds is 4. The zero-order chi connectivity index (χ0) is 12.2. The molecule has 0 bridgehead atoms. The lowest BCUT2D eigenvalue weighted by Crippen LogP contribution is -2.31. The van der Waals surface area contributed by atoms with Crippen molar-refractivity contribution in [2.24, 2.45) is 0 Å². The third-order valence-corrected chi connectivity index (χ3v) is 2.71. The van der Waals surface area contributed by atoms with E-state index in [1.165, 1.54) is 0 Å². The Kier molecular flexibility index (Phi) is 4.44. The van der Waals surface area contributed by atoms with Gasteiger partial charge >= 0.3 is 0 Å². The van der Waals surface area contributed by atoms with Gasteiger partial charge in [-0.25, -0.2) is 4.98 Å². The summed E-state index contributed by atoms with van der Waals surface area (Å²) in [6.07, 6.45) is 0. The zero-order valence-electron chi connectivity index (χ0n) is 10.2. The maximum absolute atomic E-state index is 11.4. The molecule has 1 aromatic heterocycles. The molecule has 0 radical (unpaired) electrons. The quantitative estimate of drug-likeness (QED) is 0.877. The van der Waals surface area contributed by atoms with E-state index in [0.29, 0.717) is 6.54 Å². The molecule has 1 heterocycles. The van der Waals surface area contributed by atoms with Gasteiger partial charge in [-0.15, -0.1) is 11.3 Å². The van der Waals surface area contributed by atoms with Crippen LogP contribution in [0.1, 0.15) is 31.5 Å². The summed E-state index contributed by atoms with van der Waals surface area (Å²) < 4.78 is 5.36. The fourth-order valence-corrected chi connectivity index (χ4v) is 1.70. The topological polar surface area (TPSA) is 51.2 Å². The highest BCUT2D eigenvalue weighted by Gasteiger charge is 2.12. The standard InChI is InChI=1S/C11H18N2O2S/c1-8-7-16-10(13-8)5-12-9(14)6-15-11(2,3)4/h7H,5-6H2,1-4H3,(H,12,14). The number of nitrogens with one attached hydrogen (secondary N) is 1. The summed E-state index contributed by atoms with van der Waals surface area (Å²) in [6.45, 7) is 8.27. The number of carbonyl (C=O) groups is 1. The summed E-state index contributed by atoms with van der Waals surface area (Å²) in [5.41, 5.74) is 0.704. The highest BCUT2D eigenvalue weighted by Crippen LogP contribution is 2.08. The summed E-state index contributed by atoms with van der Waals surface area (Å²) >= 11 is 1.55. The van der Waals surface area contributed by atoms with Gasteiger partial charge in [0.1, 0.15) is 11.6 Å². The molecule has 1 aromatic rings. The fourth-order valence-electron chi connectivity index (χ4n) is 0.991. The van der Waals surface area contributed by atoms with E-state index in [1.807, 2.05) is 33.1 Å². The van der Waals surface area contributed by atoms with Crippen LogP contribution in [0.15, 0.2) is 5.38 Å². The number of nitrogens with zero attached hydrogens (tertiary/aromatic N) is 1. The molecule has 90 valence electrons. The maximum atomic E-state index is 11.4. The summed E-state index contributed by atoms with van der Waals surface area (Å²) in [5.74, 6) is -0.109. The van der Waals surface area contributed by atoms with Gasteiger partial charge in [-0.05, 0) is 27.7 Å². The van der Waals surface area contributed by atoms with Crippen LogP contribution in [0.5, 0.6) is 0 Å². The minimum atomic E-state index is -0.283. The molecule has 0 spiro atoms. The molecular weight excluding hydrogens is 224 g/mol. The summed E-state index contributed by atoms with van der Waals surface area (Å²) in [5, 5.41) is 5.65. The van der Waals surface area contributed by atoms with Gasteiger partial charge in [0.25, 0.3) is 0 Å². The smallest absolute Gasteiger partial charge is 0.246 e. The third kappa shape index (κ3) is 5.23. The lowest BCUT2D eigenvalue weighted by atomic mass is 10.2. The Hall–Kier alpha value is -0.940. The van der Waals surface area contributed by atoms with Crippen LogP contribution in [-0.4, -0.2) is 23.1 Å². The summed E-state index contributed by atoms with van der Waals surface area (Å²) in [6, 6.07) is 0. The number of thiazole rings is 1. The Morgan fingerprint density at radius 3 is 2.75 bits per heavy atom. The molecule has 0 aromatic carbocycles. The van der Waals surface area contributed by atoms with E-state index in [2.05, 4.69) is 10.3 Å². The van der Waals surface area contributed by atoms with E-state index in [1.54, 1.807) is 11.3 Å². The highest BCUT2D eigenvalue weighted by atomic mass is 32.1. The molecule has 1 N–H and O–H groups in total. The predicted molar refractivity (Wildman–Crippen MR) is 64.4 cm³/mol. The normalized spacial score (nSPS) is 11.5. The SMILES string of the molecule is Cc1csc(CNC(=O)COC(C)(C)C)n1. The second-order valence-electron chi connectivity index (χ2n) is 4.56. The number of aryl methyl sites for hydroxylation is 1. The van der Waals surface area contributed by atoms with Gasteiger partial charge in [0.05, 0.1) is 12.1 Å². The second kappa shape index (κ2) is 5.41. The zero-order valence-corrected chi connectivity index (χ0v) is 11.0. The Morgan fingerprint density at radius 1 is 1.56 bits per heavy atom. The molecule has 1 rings (SSSR count). The third-order valence-electron chi connectivity index (χ3n) is 1.74. The highest BCUT2D eigenvalue weighted by molar-refractivity contribution is 7.09. The molecule has 0 aliphatic heterocycles. The molecule has 0 aliphatic carbocycles. The Bertz CT molecular complexity index is 355. The molecule has 0 aliphatic rings. The average Bonchev–Trinajstić information content (AvgIpc) is 2.57. The predicted octanol–water partition coefficient (Wildman–Crippen LogP) is 1.88. The Balaban J connectivity index is 2.25. The van der Waals surface area contributed by atoms with Crippen molar-refractivity contribution >= 4 is 17.2 Å². The van der Waals surface area contributed by atoms with Gasteiger partial charge in [-0.1, -0.05) is 0 Å². The first-order chi connectivity index (χ1) is 7.37. The van der Waals surface area contributed by atoms with Crippen LogP contribution in [0.4, 0.5) is 0 Å². The second-order valence-corrected chi connectivity index (χ2v) is 5.50. The van der Waals surface area contributed by atoms with Crippen molar-refractivity contribution in [2.45, 2.75) is 39.8 Å². The summed E-state index contributed by atoms with van der Waals surface area (Å²) in [7, 11) is 0. The molecule has 0 saturated carbocycles. The number of carbonyl (C=O) groups excluding carboxylic acids is 1. The molecule has 0 fully saturated rings. The van der Waals surface area contributed by atoms with Crippen LogP contribution in [0.2, 0.25) is 0 Å². The number of hydrogen-bond acceptors (Lipinski definition) is 4. The molecule has 0 unspecified atom stereocenters. The van der Waals surface area contributed by atoms with Crippen LogP contribution < -0.4 is 5.32 Å². The lowest BCUT2D eigenvalue weighted by molar-refractivity contribution is -0.130. The van der Waals surface area contributed by atoms with Crippen molar-refractivity contribution in [1.29, 1.82) is 0 Å². The van der Waals surface area contributed by atoms with E-state index in [4.69, 9.17) is 4.74 Å². The van der Waals surface area contributed by atoms with E-state index in [0.717, 1.165) is 10.7 Å². The molecule has 16 heavy (non-hydrogen) atoms. The molecule has 1 amide bonds. The Labute approximate surface area is 100 Å². The number of ether oxygens (including phenoxy) is 1. The average molecular weight is 242 g/mol. The monoisotopic (exact) mass is 242 g/mol. The van der Waals surface area contributed by atoms with Gasteiger partial charge in [0.2, 0.25) is 5.91 Å². The van der Waals surface area contributed by atoms with Crippen molar-refractivity contribution in [3.8, 4) is 0 Å². The van der Waals surface area contributed by atoms with Crippen molar-refractivity contribution in [3.63, 3.8) is 0 Å². The van der Waals surface area contributed by atoms with Crippen LogP contribution in [-0.2, 0) is 16.1 Å². The van der Waals surface area contributed by atoms with Gasteiger partial charge in [0, 0.05) is 11.1 Å². The largest absolute Gasteiger partial charge is 0.366 e. The number of hydrogen-bond donors (Lipinski definition) is 1. The minimum absolute atomic E-state index is 0.0911. The minimum Gasteiger partial charge on any atom is -0.366 e. The first-order valence-corrected chi connectivity index (χ1v) is 6.06. The molecular formula is C11H18N2O2S. The van der Waals surface area contributed by atoms with Crippen LogP contribution in [0.3, 0.4) is 0 Å². The van der Waals surface area contributed by atoms with Crippen LogP contribution in [0.25, 0.3) is 0 Å². The first kappa shape index (κ1) is 13.1. The van der Waals surface area contributed by atoms with Crippen molar-refractivity contribution in [1.82, 2.24) is 10.3 Å².